The molecule has 14 heavy (non-hydrogen) atoms. The number of halogens is 4. The summed E-state index contributed by atoms with van der Waals surface area (Å²) in [5, 5.41) is 0. The van der Waals surface area contributed by atoms with Crippen molar-refractivity contribution in [3.63, 3.8) is 0 Å². The molecule has 7 heteroatoms. The van der Waals surface area contributed by atoms with Crippen molar-refractivity contribution in [3.8, 4) is 0 Å². The second-order valence-electron chi connectivity index (χ2n) is 4.00. The van der Waals surface area contributed by atoms with E-state index < -0.39 is 18.0 Å². The van der Waals surface area contributed by atoms with Crippen molar-refractivity contribution >= 4 is 60.4 Å². The van der Waals surface area contributed by atoms with Gasteiger partial charge in [-0.1, -0.05) is 47.9 Å². The van der Waals surface area contributed by atoms with E-state index >= 15 is 0 Å². The van der Waals surface area contributed by atoms with Gasteiger partial charge in [-0.2, -0.15) is 0 Å². The molecule has 1 aliphatic rings. The van der Waals surface area contributed by atoms with E-state index in [1.165, 1.54) is 0 Å². The number of esters is 1. The van der Waals surface area contributed by atoms with Crippen LogP contribution in [0, 0.1) is 0 Å². The monoisotopic (exact) mass is 294 g/mol. The fourth-order valence-corrected chi connectivity index (χ4v) is 4.72. The zero-order chi connectivity index (χ0) is 11.1. The highest BCUT2D eigenvalue weighted by Crippen LogP contribution is 2.49. The Labute approximate surface area is 104 Å². The molecule has 0 bridgehead atoms. The van der Waals surface area contributed by atoms with Crippen molar-refractivity contribution in [3.05, 3.63) is 0 Å². The standard InChI is InChI=1S/C7H10Cl4O2Si/c1-14(2,3-8)4-5(7(9,10)11)13-6(4)12/h4-5H,3H2,1-2H3/t4-,5+/m1/s1. The SMILES string of the molecule is C[Si](C)(CCl)[C@H]1C(=O)O[C@@H]1C(Cl)(Cl)Cl. The van der Waals surface area contributed by atoms with Gasteiger partial charge in [-0.3, -0.25) is 4.79 Å². The van der Waals surface area contributed by atoms with Gasteiger partial charge >= 0.3 is 5.97 Å². The quantitative estimate of drug-likeness (QED) is 0.444. The zero-order valence-electron chi connectivity index (χ0n) is 7.69. The molecule has 0 aromatic rings. The van der Waals surface area contributed by atoms with Gasteiger partial charge in [0.05, 0.1) is 13.6 Å². The predicted octanol–water partition coefficient (Wildman–Crippen LogP) is 3.14. The summed E-state index contributed by atoms with van der Waals surface area (Å²) in [6, 6.07) is 0. The fraction of sp³-hybridized carbons (Fsp3) is 0.857. The van der Waals surface area contributed by atoms with Crippen LogP contribution in [0.1, 0.15) is 0 Å². The van der Waals surface area contributed by atoms with Crippen LogP contribution in [0.5, 0.6) is 0 Å². The highest BCUT2D eigenvalue weighted by molar-refractivity contribution is 6.87. The number of rotatable bonds is 2. The Bertz CT molecular complexity index is 251. The zero-order valence-corrected chi connectivity index (χ0v) is 11.7. The molecular weight excluding hydrogens is 286 g/mol. The number of hydrogen-bond acceptors (Lipinski definition) is 2. The van der Waals surface area contributed by atoms with E-state index in [0.29, 0.717) is 5.50 Å². The maximum absolute atomic E-state index is 11.3. The van der Waals surface area contributed by atoms with Gasteiger partial charge in [0.15, 0.2) is 6.10 Å². The van der Waals surface area contributed by atoms with Crippen LogP contribution in [0.3, 0.4) is 0 Å². The number of cyclic esters (lactones) is 1. The second kappa shape index (κ2) is 4.02. The Kier molecular flexibility index (Phi) is 3.71. The minimum absolute atomic E-state index is 0.293. The van der Waals surface area contributed by atoms with Crippen molar-refractivity contribution in [1.29, 1.82) is 0 Å². The molecule has 0 unspecified atom stereocenters. The van der Waals surface area contributed by atoms with E-state index in [9.17, 15) is 4.79 Å². The molecule has 0 aromatic heterocycles. The molecule has 1 heterocycles. The maximum atomic E-state index is 11.3. The van der Waals surface area contributed by atoms with Crippen LogP contribution in [-0.4, -0.2) is 29.4 Å². The van der Waals surface area contributed by atoms with Gasteiger partial charge in [0.2, 0.25) is 3.79 Å². The number of alkyl halides is 4. The first-order chi connectivity index (χ1) is 6.20. The molecule has 0 N–H and O–H groups in total. The van der Waals surface area contributed by atoms with E-state index in [-0.39, 0.29) is 11.5 Å². The van der Waals surface area contributed by atoms with E-state index in [2.05, 4.69) is 0 Å². The highest BCUT2D eigenvalue weighted by atomic mass is 35.6. The van der Waals surface area contributed by atoms with Crippen LogP contribution in [0.2, 0.25) is 18.6 Å². The lowest BCUT2D eigenvalue weighted by Crippen LogP contribution is -2.59. The maximum Gasteiger partial charge on any atom is 0.310 e. The number of carbonyl (C=O) groups excluding carboxylic acids is 1. The van der Waals surface area contributed by atoms with E-state index in [1.54, 1.807) is 0 Å². The first-order valence-corrected chi connectivity index (χ1v) is 8.98. The summed E-state index contributed by atoms with van der Waals surface area (Å²) in [6.45, 7) is 3.96. The molecule has 82 valence electrons. The first-order valence-electron chi connectivity index (χ1n) is 4.03. The fourth-order valence-electron chi connectivity index (χ4n) is 1.39. The van der Waals surface area contributed by atoms with Gasteiger partial charge in [0, 0.05) is 5.50 Å². The Balaban J connectivity index is 2.82. The number of ether oxygens (including phenoxy) is 1. The van der Waals surface area contributed by atoms with Crippen LogP contribution in [0.15, 0.2) is 0 Å². The van der Waals surface area contributed by atoms with Crippen LogP contribution in [-0.2, 0) is 9.53 Å². The van der Waals surface area contributed by atoms with Crippen LogP contribution >= 0.6 is 46.4 Å². The van der Waals surface area contributed by atoms with Gasteiger partial charge < -0.3 is 4.74 Å². The minimum atomic E-state index is -1.89. The highest BCUT2D eigenvalue weighted by Gasteiger charge is 2.59. The molecule has 0 amide bonds. The molecule has 2 atom stereocenters. The van der Waals surface area contributed by atoms with E-state index in [0.717, 1.165) is 0 Å². The third-order valence-corrected chi connectivity index (χ3v) is 7.93. The Hall–Kier alpha value is 0.847. The topological polar surface area (TPSA) is 26.3 Å². The Morgan fingerprint density at radius 1 is 1.43 bits per heavy atom. The third kappa shape index (κ3) is 2.33. The van der Waals surface area contributed by atoms with Gasteiger partial charge in [-0.15, -0.1) is 11.6 Å². The molecule has 1 rings (SSSR count). The van der Waals surface area contributed by atoms with Gasteiger partial charge in [0.25, 0.3) is 0 Å². The summed E-state index contributed by atoms with van der Waals surface area (Å²) < 4.78 is 3.30. The van der Waals surface area contributed by atoms with E-state index in [1.807, 2.05) is 13.1 Å². The lowest BCUT2D eigenvalue weighted by atomic mass is 10.2. The first kappa shape index (κ1) is 12.9. The molecular formula is C7H10Cl4O2Si. The normalized spacial score (nSPS) is 28.3. The molecule has 0 spiro atoms. The smallest absolute Gasteiger partial charge is 0.310 e. The molecule has 1 fully saturated rings. The third-order valence-electron chi connectivity index (χ3n) is 2.31. The van der Waals surface area contributed by atoms with Crippen molar-refractivity contribution < 1.29 is 9.53 Å². The summed E-state index contributed by atoms with van der Waals surface area (Å²) in [7, 11) is -1.89. The summed E-state index contributed by atoms with van der Waals surface area (Å²) in [4.78, 5) is 11.3. The lowest BCUT2D eigenvalue weighted by Gasteiger charge is -2.45. The molecule has 1 aliphatic heterocycles. The molecule has 0 radical (unpaired) electrons. The van der Waals surface area contributed by atoms with E-state index in [4.69, 9.17) is 51.1 Å². The summed E-state index contributed by atoms with van der Waals surface area (Å²) >= 11 is 22.9. The van der Waals surface area contributed by atoms with Crippen LogP contribution in [0.4, 0.5) is 0 Å². The predicted molar refractivity (Wildman–Crippen MR) is 62.1 cm³/mol. The van der Waals surface area contributed by atoms with Gasteiger partial charge in [-0.05, 0) is 0 Å². The molecule has 2 nitrogen and oxygen atoms in total. The van der Waals surface area contributed by atoms with Crippen LogP contribution < -0.4 is 0 Å². The van der Waals surface area contributed by atoms with Crippen LogP contribution in [0.25, 0.3) is 0 Å². The summed E-state index contributed by atoms with van der Waals surface area (Å²) in [5.41, 5.74) is 0.136. The minimum Gasteiger partial charge on any atom is -0.457 e. The molecule has 1 saturated heterocycles. The Morgan fingerprint density at radius 3 is 2.21 bits per heavy atom. The van der Waals surface area contributed by atoms with Crippen molar-refractivity contribution in [2.75, 3.05) is 5.50 Å². The molecule has 0 saturated carbocycles. The average molecular weight is 296 g/mol. The lowest BCUT2D eigenvalue weighted by molar-refractivity contribution is -0.169. The van der Waals surface area contributed by atoms with Crippen molar-refractivity contribution in [1.82, 2.24) is 0 Å². The number of hydrogen-bond donors (Lipinski definition) is 0. The Morgan fingerprint density at radius 2 is 1.93 bits per heavy atom. The summed E-state index contributed by atoms with van der Waals surface area (Å²) in [5.74, 6) is -0.293. The van der Waals surface area contributed by atoms with Crippen molar-refractivity contribution in [2.24, 2.45) is 0 Å². The molecule has 0 aromatic carbocycles. The van der Waals surface area contributed by atoms with Gasteiger partial charge in [0.1, 0.15) is 0 Å². The van der Waals surface area contributed by atoms with Crippen molar-refractivity contribution in [2.45, 2.75) is 28.5 Å². The second-order valence-corrected chi connectivity index (χ2v) is 12.0. The average Bonchev–Trinajstić information content (AvgIpc) is 1.97. The summed E-state index contributed by atoms with van der Waals surface area (Å²) in [6.07, 6.45) is -0.639. The van der Waals surface area contributed by atoms with Gasteiger partial charge in [-0.25, -0.2) is 0 Å². The number of carbonyl (C=O) groups is 1. The molecule has 0 aliphatic carbocycles. The largest absolute Gasteiger partial charge is 0.457 e.